The van der Waals surface area contributed by atoms with E-state index in [2.05, 4.69) is 25.3 Å². The molecule has 0 aliphatic carbocycles. The van der Waals surface area contributed by atoms with Crippen LogP contribution in [0.2, 0.25) is 0 Å². The number of aromatic carboxylic acids is 1. The first-order chi connectivity index (χ1) is 15.3. The van der Waals surface area contributed by atoms with Gasteiger partial charge in [-0.05, 0) is 43.3 Å². The highest BCUT2D eigenvalue weighted by Crippen LogP contribution is 2.25. The van der Waals surface area contributed by atoms with E-state index in [1.165, 1.54) is 0 Å². The Morgan fingerprint density at radius 1 is 1.00 bits per heavy atom. The average molecular weight is 430 g/mol. The van der Waals surface area contributed by atoms with Crippen LogP contribution in [-0.2, 0) is 6.54 Å². The van der Waals surface area contributed by atoms with Crippen LogP contribution < -0.4 is 21.7 Å². The summed E-state index contributed by atoms with van der Waals surface area (Å²) in [5, 5.41) is 12.4. The van der Waals surface area contributed by atoms with E-state index in [0.29, 0.717) is 29.2 Å². The molecule has 2 heterocycles. The van der Waals surface area contributed by atoms with E-state index >= 15 is 0 Å². The molecule has 0 aliphatic rings. The van der Waals surface area contributed by atoms with Gasteiger partial charge in [-0.1, -0.05) is 17.7 Å². The van der Waals surface area contributed by atoms with Gasteiger partial charge in [0, 0.05) is 18.4 Å². The lowest BCUT2D eigenvalue weighted by Crippen LogP contribution is -2.19. The third kappa shape index (κ3) is 4.33. The molecule has 10 heteroatoms. The third-order valence-corrected chi connectivity index (χ3v) is 4.90. The van der Waals surface area contributed by atoms with Gasteiger partial charge in [-0.25, -0.2) is 14.8 Å². The molecule has 0 spiro atoms. The molecule has 0 saturated heterocycles. The van der Waals surface area contributed by atoms with E-state index in [-0.39, 0.29) is 17.3 Å². The summed E-state index contributed by atoms with van der Waals surface area (Å²) in [7, 11) is 1.88. The van der Waals surface area contributed by atoms with Crippen molar-refractivity contribution in [3.05, 3.63) is 65.4 Å². The summed E-state index contributed by atoms with van der Waals surface area (Å²) in [6, 6.07) is 14.5. The van der Waals surface area contributed by atoms with Crippen molar-refractivity contribution in [2.45, 2.75) is 13.5 Å². The van der Waals surface area contributed by atoms with Gasteiger partial charge in [-0.3, -0.25) is 0 Å². The number of carboxylic acid groups (broad SMARTS) is 1. The molecule has 0 radical (unpaired) electrons. The van der Waals surface area contributed by atoms with Crippen LogP contribution in [0.15, 0.2) is 48.5 Å². The molecule has 0 bridgehead atoms. The number of aromatic nitrogens is 4. The van der Waals surface area contributed by atoms with Crippen molar-refractivity contribution in [2.24, 2.45) is 0 Å². The van der Waals surface area contributed by atoms with E-state index in [1.807, 2.05) is 43.1 Å². The molecule has 2 aromatic heterocycles. The first-order valence-corrected chi connectivity index (χ1v) is 9.78. The number of carbonyl (C=O) groups is 1. The molecule has 0 atom stereocenters. The number of anilines is 5. The maximum Gasteiger partial charge on any atom is 0.335 e. The van der Waals surface area contributed by atoms with Crippen molar-refractivity contribution in [3.8, 4) is 0 Å². The molecule has 32 heavy (non-hydrogen) atoms. The number of nitrogens with two attached hydrogens (primary N) is 2. The van der Waals surface area contributed by atoms with Gasteiger partial charge >= 0.3 is 5.97 Å². The van der Waals surface area contributed by atoms with Crippen LogP contribution in [0.1, 0.15) is 21.6 Å². The molecule has 10 nitrogen and oxygen atoms in total. The van der Waals surface area contributed by atoms with Crippen LogP contribution in [-0.4, -0.2) is 38.1 Å². The Bertz CT molecular complexity index is 1290. The van der Waals surface area contributed by atoms with Crippen LogP contribution in [0.25, 0.3) is 11.2 Å². The molecular weight excluding hydrogens is 408 g/mol. The Kier molecular flexibility index (Phi) is 5.42. The smallest absolute Gasteiger partial charge is 0.335 e. The van der Waals surface area contributed by atoms with E-state index in [4.69, 9.17) is 16.6 Å². The number of hydrogen-bond donors (Lipinski definition) is 4. The minimum absolute atomic E-state index is 0.0222. The number of rotatable bonds is 6. The summed E-state index contributed by atoms with van der Waals surface area (Å²) in [4.78, 5) is 30.5. The number of nitrogens with one attached hydrogen (secondary N) is 1. The van der Waals surface area contributed by atoms with Gasteiger partial charge in [0.1, 0.15) is 5.69 Å². The maximum atomic E-state index is 11.1. The first-order valence-electron chi connectivity index (χ1n) is 9.78. The Balaban J connectivity index is 1.73. The zero-order chi connectivity index (χ0) is 22.8. The predicted octanol–water partition coefficient (Wildman–Crippen LogP) is 2.97. The van der Waals surface area contributed by atoms with Gasteiger partial charge in [0.15, 0.2) is 22.8 Å². The predicted molar refractivity (Wildman–Crippen MR) is 124 cm³/mol. The molecule has 0 amide bonds. The molecule has 2 aromatic carbocycles. The summed E-state index contributed by atoms with van der Waals surface area (Å²) < 4.78 is 0. The summed E-state index contributed by atoms with van der Waals surface area (Å²) in [5.74, 6) is -0.294. The minimum Gasteiger partial charge on any atom is -0.478 e. The van der Waals surface area contributed by atoms with Crippen molar-refractivity contribution in [1.82, 2.24) is 19.9 Å². The van der Waals surface area contributed by atoms with Gasteiger partial charge in [-0.15, -0.1) is 0 Å². The summed E-state index contributed by atoms with van der Waals surface area (Å²) in [6.45, 7) is 2.38. The fourth-order valence-electron chi connectivity index (χ4n) is 3.18. The van der Waals surface area contributed by atoms with Crippen molar-refractivity contribution < 1.29 is 9.90 Å². The second kappa shape index (κ2) is 8.34. The number of carboxylic acids is 1. The lowest BCUT2D eigenvalue weighted by atomic mass is 10.2. The molecule has 6 N–H and O–H groups in total. The molecule has 4 rings (SSSR count). The van der Waals surface area contributed by atoms with Crippen molar-refractivity contribution in [2.75, 3.05) is 28.7 Å². The van der Waals surface area contributed by atoms with E-state index in [9.17, 15) is 4.79 Å². The quantitative estimate of drug-likeness (QED) is 0.358. The number of benzene rings is 2. The van der Waals surface area contributed by atoms with Crippen LogP contribution in [0.5, 0.6) is 0 Å². The Morgan fingerprint density at radius 2 is 1.69 bits per heavy atom. The molecule has 0 aliphatic heterocycles. The van der Waals surface area contributed by atoms with Gasteiger partial charge in [0.2, 0.25) is 5.95 Å². The number of nitrogens with zero attached hydrogens (tertiary/aromatic N) is 5. The second-order valence-electron chi connectivity index (χ2n) is 7.36. The number of fused-ring (bicyclic) bond motifs is 1. The van der Waals surface area contributed by atoms with Gasteiger partial charge < -0.3 is 26.8 Å². The van der Waals surface area contributed by atoms with E-state index in [0.717, 1.165) is 16.9 Å². The Labute approximate surface area is 184 Å². The molecular formula is C22H22N8O2. The average Bonchev–Trinajstić information content (AvgIpc) is 2.76. The van der Waals surface area contributed by atoms with Crippen LogP contribution >= 0.6 is 0 Å². The highest BCUT2D eigenvalue weighted by molar-refractivity contribution is 5.88. The fraction of sp³-hybridized carbons (Fsp3) is 0.136. The topological polar surface area (TPSA) is 156 Å². The van der Waals surface area contributed by atoms with Crippen LogP contribution in [0.4, 0.5) is 29.0 Å². The molecule has 162 valence electrons. The largest absolute Gasteiger partial charge is 0.478 e. The zero-order valence-electron chi connectivity index (χ0n) is 17.6. The lowest BCUT2D eigenvalue weighted by molar-refractivity contribution is 0.0697. The molecule has 0 saturated carbocycles. The first kappa shape index (κ1) is 20.8. The normalized spacial score (nSPS) is 10.8. The highest BCUT2D eigenvalue weighted by atomic mass is 16.4. The summed E-state index contributed by atoms with van der Waals surface area (Å²) in [5.41, 5.74) is 16.0. The van der Waals surface area contributed by atoms with Gasteiger partial charge in [0.25, 0.3) is 0 Å². The van der Waals surface area contributed by atoms with Crippen LogP contribution in [0.3, 0.4) is 0 Å². The molecule has 4 aromatic rings. The minimum atomic E-state index is -0.973. The Hall–Kier alpha value is -4.47. The van der Waals surface area contributed by atoms with E-state index < -0.39 is 5.97 Å². The monoisotopic (exact) mass is 430 g/mol. The third-order valence-electron chi connectivity index (χ3n) is 4.90. The van der Waals surface area contributed by atoms with Gasteiger partial charge in [0.05, 0.1) is 12.1 Å². The summed E-state index contributed by atoms with van der Waals surface area (Å²) in [6.07, 6.45) is 0. The SMILES string of the molecule is Cc1ccc(Nc2nc3nc(N)nc(N)c3nc2CN(C)c2ccc(C(=O)O)cc2)cc1. The second-order valence-corrected chi connectivity index (χ2v) is 7.36. The highest BCUT2D eigenvalue weighted by Gasteiger charge is 2.16. The number of aryl methyl sites for hydroxylation is 1. The Morgan fingerprint density at radius 3 is 2.34 bits per heavy atom. The van der Waals surface area contributed by atoms with Crippen molar-refractivity contribution >= 4 is 46.1 Å². The standard InChI is InChI=1S/C22H22N8O2/c1-12-3-7-14(8-4-12)25-19-16(26-17-18(23)27-22(24)29-20(17)28-19)11-30(2)15-9-5-13(6-10-15)21(31)32/h3-10H,11H2,1-2H3,(H,31,32)(H5,23,24,25,27,28,29). The van der Waals surface area contributed by atoms with Crippen molar-refractivity contribution in [1.29, 1.82) is 0 Å². The van der Waals surface area contributed by atoms with Crippen LogP contribution in [0, 0.1) is 6.92 Å². The number of hydrogen-bond acceptors (Lipinski definition) is 9. The maximum absolute atomic E-state index is 11.1. The zero-order valence-corrected chi connectivity index (χ0v) is 17.6. The van der Waals surface area contributed by atoms with E-state index in [1.54, 1.807) is 24.3 Å². The lowest BCUT2D eigenvalue weighted by Gasteiger charge is -2.21. The fourth-order valence-corrected chi connectivity index (χ4v) is 3.18. The summed E-state index contributed by atoms with van der Waals surface area (Å²) >= 11 is 0. The molecule has 0 unspecified atom stereocenters. The molecule has 0 fully saturated rings. The van der Waals surface area contributed by atoms with Gasteiger partial charge in [-0.2, -0.15) is 9.97 Å². The number of nitrogen functional groups attached to an aromatic ring is 2. The van der Waals surface area contributed by atoms with Crippen molar-refractivity contribution in [3.63, 3.8) is 0 Å².